The Morgan fingerprint density at radius 1 is 1.47 bits per heavy atom. The maximum atomic E-state index is 11.7. The minimum atomic E-state index is 0.296. The molecule has 1 aliphatic heterocycles. The van der Waals surface area contributed by atoms with Crippen molar-refractivity contribution in [1.29, 1.82) is 0 Å². The Morgan fingerprint density at radius 2 is 2.27 bits per heavy atom. The second kappa shape index (κ2) is 6.83. The molecule has 0 spiro atoms. The molecule has 1 rings (SSSR count). The average Bonchev–Trinajstić information content (AvgIpc) is 2.27. The number of hydrogen-bond donors (Lipinski definition) is 1. The summed E-state index contributed by atoms with van der Waals surface area (Å²) in [6, 6.07) is 0.523. The Morgan fingerprint density at radius 3 is 2.87 bits per heavy atom. The third-order valence-electron chi connectivity index (χ3n) is 3.08. The predicted octanol–water partition coefficient (Wildman–Crippen LogP) is 1.78. The van der Waals surface area contributed by atoms with Gasteiger partial charge in [0.05, 0.1) is 0 Å². The number of hydrogen-bond acceptors (Lipinski definition) is 2. The molecule has 0 aromatic rings. The Labute approximate surface area is 93.2 Å². The normalized spacial score (nSPS) is 21.3. The number of rotatable bonds is 5. The van der Waals surface area contributed by atoms with Crippen molar-refractivity contribution in [3.63, 3.8) is 0 Å². The van der Waals surface area contributed by atoms with Crippen LogP contribution in [0.5, 0.6) is 0 Å². The maximum absolute atomic E-state index is 11.7. The fourth-order valence-electron chi connectivity index (χ4n) is 2.03. The van der Waals surface area contributed by atoms with Crippen LogP contribution < -0.4 is 5.32 Å². The van der Waals surface area contributed by atoms with Gasteiger partial charge in [-0.3, -0.25) is 4.79 Å². The van der Waals surface area contributed by atoms with Gasteiger partial charge in [-0.25, -0.2) is 0 Å². The van der Waals surface area contributed by atoms with Gasteiger partial charge in [0, 0.05) is 26.1 Å². The number of unbranched alkanes of at least 4 members (excludes halogenated alkanes) is 1. The van der Waals surface area contributed by atoms with Crippen LogP contribution in [0.25, 0.3) is 0 Å². The summed E-state index contributed by atoms with van der Waals surface area (Å²) in [5.41, 5.74) is 0. The zero-order chi connectivity index (χ0) is 11.1. The van der Waals surface area contributed by atoms with E-state index < -0.39 is 0 Å². The molecule has 1 aliphatic rings. The Balaban J connectivity index is 2.20. The highest BCUT2D eigenvalue weighted by atomic mass is 16.2. The molecule has 1 atom stereocenters. The minimum absolute atomic E-state index is 0.296. The van der Waals surface area contributed by atoms with Gasteiger partial charge >= 0.3 is 0 Å². The van der Waals surface area contributed by atoms with Crippen LogP contribution >= 0.6 is 0 Å². The van der Waals surface area contributed by atoms with E-state index in [1.807, 2.05) is 11.9 Å². The van der Waals surface area contributed by atoms with Gasteiger partial charge < -0.3 is 10.2 Å². The van der Waals surface area contributed by atoms with Crippen molar-refractivity contribution in [2.75, 3.05) is 20.1 Å². The van der Waals surface area contributed by atoms with Gasteiger partial charge in [-0.1, -0.05) is 19.8 Å². The van der Waals surface area contributed by atoms with Crippen molar-refractivity contribution >= 4 is 5.91 Å². The topological polar surface area (TPSA) is 32.3 Å². The Kier molecular flexibility index (Phi) is 5.69. The average molecular weight is 212 g/mol. The van der Waals surface area contributed by atoms with Crippen molar-refractivity contribution < 1.29 is 4.79 Å². The molecule has 0 aromatic heterocycles. The largest absolute Gasteiger partial charge is 0.344 e. The number of likely N-dealkylation sites (N-methyl/N-ethyl adjacent to an activating group) is 1. The van der Waals surface area contributed by atoms with E-state index in [-0.39, 0.29) is 0 Å². The number of piperidine rings is 1. The molecule has 1 unspecified atom stereocenters. The van der Waals surface area contributed by atoms with Crippen molar-refractivity contribution in [1.82, 2.24) is 10.2 Å². The molecule has 0 saturated carbocycles. The molecule has 3 nitrogen and oxygen atoms in total. The minimum Gasteiger partial charge on any atom is -0.344 e. The highest BCUT2D eigenvalue weighted by molar-refractivity contribution is 5.75. The first-order valence-corrected chi connectivity index (χ1v) is 6.21. The smallest absolute Gasteiger partial charge is 0.222 e. The third-order valence-corrected chi connectivity index (χ3v) is 3.08. The fourth-order valence-corrected chi connectivity index (χ4v) is 2.03. The molecule has 0 radical (unpaired) electrons. The lowest BCUT2D eigenvalue weighted by molar-refractivity contribution is -0.130. The summed E-state index contributed by atoms with van der Waals surface area (Å²) in [5, 5.41) is 3.47. The standard InChI is InChI=1S/C12H24N2O/c1-3-4-8-12(15)14(2)10-11-7-5-6-9-13-11/h11,13H,3-10H2,1-2H3. The van der Waals surface area contributed by atoms with Gasteiger partial charge in [-0.15, -0.1) is 0 Å². The van der Waals surface area contributed by atoms with Crippen molar-refractivity contribution in [3.8, 4) is 0 Å². The van der Waals surface area contributed by atoms with Crippen LogP contribution in [0, 0.1) is 0 Å². The van der Waals surface area contributed by atoms with Gasteiger partial charge in [0.25, 0.3) is 0 Å². The molecule has 0 bridgehead atoms. The summed E-state index contributed by atoms with van der Waals surface area (Å²) in [7, 11) is 1.92. The van der Waals surface area contributed by atoms with Crippen LogP contribution in [-0.4, -0.2) is 37.0 Å². The van der Waals surface area contributed by atoms with Gasteiger partial charge in [0.15, 0.2) is 0 Å². The van der Waals surface area contributed by atoms with E-state index in [1.54, 1.807) is 0 Å². The first kappa shape index (κ1) is 12.5. The lowest BCUT2D eigenvalue weighted by Crippen LogP contribution is -2.44. The van der Waals surface area contributed by atoms with Gasteiger partial charge in [-0.2, -0.15) is 0 Å². The van der Waals surface area contributed by atoms with E-state index in [1.165, 1.54) is 19.3 Å². The second-order valence-corrected chi connectivity index (χ2v) is 4.52. The first-order valence-electron chi connectivity index (χ1n) is 6.21. The number of amides is 1. The van der Waals surface area contributed by atoms with E-state index in [2.05, 4.69) is 12.2 Å². The SMILES string of the molecule is CCCCC(=O)N(C)CC1CCCCN1. The van der Waals surface area contributed by atoms with Crippen molar-refractivity contribution in [2.45, 2.75) is 51.5 Å². The molecule has 88 valence electrons. The zero-order valence-electron chi connectivity index (χ0n) is 10.1. The lowest BCUT2D eigenvalue weighted by atomic mass is 10.0. The predicted molar refractivity (Wildman–Crippen MR) is 62.8 cm³/mol. The first-order chi connectivity index (χ1) is 7.24. The van der Waals surface area contributed by atoms with Crippen LogP contribution in [0.2, 0.25) is 0 Å². The molecule has 1 amide bonds. The van der Waals surface area contributed by atoms with Gasteiger partial charge in [0.2, 0.25) is 5.91 Å². The number of nitrogens with zero attached hydrogens (tertiary/aromatic N) is 1. The van der Waals surface area contributed by atoms with Crippen LogP contribution in [0.3, 0.4) is 0 Å². The second-order valence-electron chi connectivity index (χ2n) is 4.52. The monoisotopic (exact) mass is 212 g/mol. The van der Waals surface area contributed by atoms with Crippen LogP contribution in [0.1, 0.15) is 45.4 Å². The quantitative estimate of drug-likeness (QED) is 0.753. The summed E-state index contributed by atoms with van der Waals surface area (Å²) in [6.07, 6.45) is 6.62. The third kappa shape index (κ3) is 4.65. The van der Waals surface area contributed by atoms with Crippen LogP contribution in [-0.2, 0) is 4.79 Å². The summed E-state index contributed by atoms with van der Waals surface area (Å²) < 4.78 is 0. The van der Waals surface area contributed by atoms with E-state index in [9.17, 15) is 4.79 Å². The molecule has 0 aliphatic carbocycles. The Hall–Kier alpha value is -0.570. The van der Waals surface area contributed by atoms with Gasteiger partial charge in [-0.05, 0) is 25.8 Å². The molecule has 1 fully saturated rings. The van der Waals surface area contributed by atoms with E-state index >= 15 is 0 Å². The lowest BCUT2D eigenvalue weighted by Gasteiger charge is -2.28. The summed E-state index contributed by atoms with van der Waals surface area (Å²) >= 11 is 0. The molecule has 1 N–H and O–H groups in total. The molecule has 0 aromatic carbocycles. The number of nitrogens with one attached hydrogen (secondary N) is 1. The molecule has 15 heavy (non-hydrogen) atoms. The summed E-state index contributed by atoms with van der Waals surface area (Å²) in [5.74, 6) is 0.296. The number of carbonyl (C=O) groups is 1. The molecular weight excluding hydrogens is 188 g/mol. The van der Waals surface area contributed by atoms with Crippen molar-refractivity contribution in [2.24, 2.45) is 0 Å². The van der Waals surface area contributed by atoms with E-state index in [0.29, 0.717) is 18.4 Å². The van der Waals surface area contributed by atoms with Crippen LogP contribution in [0.4, 0.5) is 0 Å². The molecule has 1 saturated heterocycles. The molecule has 1 heterocycles. The van der Waals surface area contributed by atoms with E-state index in [0.717, 1.165) is 25.9 Å². The van der Waals surface area contributed by atoms with Gasteiger partial charge in [0.1, 0.15) is 0 Å². The van der Waals surface area contributed by atoms with Crippen molar-refractivity contribution in [3.05, 3.63) is 0 Å². The summed E-state index contributed by atoms with van der Waals surface area (Å²) in [6.45, 7) is 4.11. The van der Waals surface area contributed by atoms with E-state index in [4.69, 9.17) is 0 Å². The maximum Gasteiger partial charge on any atom is 0.222 e. The number of carbonyl (C=O) groups excluding carboxylic acids is 1. The summed E-state index contributed by atoms with van der Waals surface area (Å²) in [4.78, 5) is 13.6. The fraction of sp³-hybridized carbons (Fsp3) is 0.917. The molecule has 3 heteroatoms. The highest BCUT2D eigenvalue weighted by Gasteiger charge is 2.16. The van der Waals surface area contributed by atoms with Crippen LogP contribution in [0.15, 0.2) is 0 Å². The highest BCUT2D eigenvalue weighted by Crippen LogP contribution is 2.08. The Bertz CT molecular complexity index is 188. The zero-order valence-corrected chi connectivity index (χ0v) is 10.1. The molecular formula is C12H24N2O.